The number of anilines is 5. The lowest BCUT2D eigenvalue weighted by Gasteiger charge is -2.44. The average Bonchev–Trinajstić information content (AvgIpc) is 3.35. The van der Waals surface area contributed by atoms with Crippen molar-refractivity contribution in [1.82, 2.24) is 0 Å². The van der Waals surface area contributed by atoms with Crippen molar-refractivity contribution in [3.05, 3.63) is 222 Å². The molecule has 1 aliphatic carbocycles. The second kappa shape index (κ2) is 17.1. The van der Waals surface area contributed by atoms with E-state index in [4.69, 9.17) is 0 Å². The predicted octanol–water partition coefficient (Wildman–Crippen LogP) is 16.5. The van der Waals surface area contributed by atoms with E-state index >= 15 is 0 Å². The van der Waals surface area contributed by atoms with Crippen molar-refractivity contribution in [2.75, 3.05) is 10.2 Å². The Balaban J connectivity index is 1.19. The average molecular weight is 878 g/mol. The molecule has 1 N–H and O–H groups in total. The Kier molecular flexibility index (Phi) is 10.8. The van der Waals surface area contributed by atoms with Crippen molar-refractivity contribution in [3.8, 4) is 55.6 Å². The molecule has 0 fully saturated rings. The number of nitrogens with one attached hydrogen (secondary N) is 1. The molecule has 9 aromatic rings. The Morgan fingerprint density at radius 3 is 1.59 bits per heavy atom. The Labute approximate surface area is 404 Å². The first-order valence-electron chi connectivity index (χ1n) is 24.3. The maximum absolute atomic E-state index is 4.01. The van der Waals surface area contributed by atoms with Gasteiger partial charge in [-0.05, 0) is 170 Å². The van der Waals surface area contributed by atoms with Gasteiger partial charge in [-0.1, -0.05) is 185 Å². The molecule has 0 bridgehead atoms. The van der Waals surface area contributed by atoms with Crippen molar-refractivity contribution in [3.63, 3.8) is 0 Å². The molecular formula is C65H58BN2. The number of aryl methyl sites for hydroxylation is 3. The van der Waals surface area contributed by atoms with Gasteiger partial charge in [0.1, 0.15) is 0 Å². The first-order chi connectivity index (χ1) is 32.9. The Morgan fingerprint density at radius 2 is 0.956 bits per heavy atom. The summed E-state index contributed by atoms with van der Waals surface area (Å²) in [6.45, 7) is 16.6. The molecule has 1 aliphatic heterocycles. The van der Waals surface area contributed by atoms with Gasteiger partial charge in [-0.25, -0.2) is 0 Å². The summed E-state index contributed by atoms with van der Waals surface area (Å²) < 4.78 is 0. The van der Waals surface area contributed by atoms with Crippen LogP contribution in [0.5, 0.6) is 0 Å². The van der Waals surface area contributed by atoms with Crippen LogP contribution in [-0.4, -0.2) is 7.28 Å². The highest BCUT2D eigenvalue weighted by molar-refractivity contribution is 6.73. The molecule has 3 heteroatoms. The van der Waals surface area contributed by atoms with Crippen LogP contribution in [0.25, 0.3) is 55.6 Å². The molecule has 68 heavy (non-hydrogen) atoms. The van der Waals surface area contributed by atoms with Crippen LogP contribution in [-0.2, 0) is 10.8 Å². The van der Waals surface area contributed by atoms with Gasteiger partial charge in [0.15, 0.2) is 7.28 Å². The highest BCUT2D eigenvalue weighted by Gasteiger charge is 2.39. The summed E-state index contributed by atoms with van der Waals surface area (Å²) in [6.07, 6.45) is 2.33. The van der Waals surface area contributed by atoms with Crippen molar-refractivity contribution in [2.24, 2.45) is 0 Å². The lowest BCUT2D eigenvalue weighted by Crippen LogP contribution is -2.41. The zero-order valence-electron chi connectivity index (χ0n) is 40.4. The molecule has 0 unspecified atom stereocenters. The fourth-order valence-corrected chi connectivity index (χ4v) is 11.0. The van der Waals surface area contributed by atoms with Crippen LogP contribution in [0.3, 0.4) is 0 Å². The minimum Gasteiger partial charge on any atom is -0.355 e. The van der Waals surface area contributed by atoms with Gasteiger partial charge in [-0.2, -0.15) is 0 Å². The van der Waals surface area contributed by atoms with Crippen molar-refractivity contribution in [2.45, 2.75) is 72.1 Å². The van der Waals surface area contributed by atoms with E-state index in [9.17, 15) is 0 Å². The van der Waals surface area contributed by atoms with Crippen molar-refractivity contribution >= 4 is 46.6 Å². The number of fused-ring (bicyclic) bond motifs is 3. The molecule has 0 saturated carbocycles. The number of nitrogens with zero attached hydrogens (tertiary/aromatic N) is 1. The summed E-state index contributed by atoms with van der Waals surface area (Å²) in [7, 11) is 2.46. The third-order valence-corrected chi connectivity index (χ3v) is 14.9. The van der Waals surface area contributed by atoms with Crippen LogP contribution in [0.1, 0.15) is 68.4 Å². The van der Waals surface area contributed by atoms with Gasteiger partial charge in [0.05, 0.1) is 0 Å². The van der Waals surface area contributed by atoms with Gasteiger partial charge in [-0.15, -0.1) is 0 Å². The summed E-state index contributed by atoms with van der Waals surface area (Å²) in [5.74, 6) is 0. The highest BCUT2D eigenvalue weighted by Crippen LogP contribution is 2.50. The lowest BCUT2D eigenvalue weighted by molar-refractivity contribution is 0.332. The summed E-state index contributed by atoms with van der Waals surface area (Å²) in [4.78, 5) is 2.60. The second-order valence-corrected chi connectivity index (χ2v) is 20.5. The summed E-state index contributed by atoms with van der Waals surface area (Å²) in [5.41, 5.74) is 26.9. The minimum absolute atomic E-state index is 0.0438. The Morgan fingerprint density at radius 1 is 0.412 bits per heavy atom. The number of hydrogen-bond donors (Lipinski definition) is 1. The number of hydrogen-bond acceptors (Lipinski definition) is 2. The molecular weight excluding hydrogens is 820 g/mol. The summed E-state index contributed by atoms with van der Waals surface area (Å²) >= 11 is 0. The zero-order valence-corrected chi connectivity index (χ0v) is 40.4. The lowest BCUT2D eigenvalue weighted by atomic mass is 9.57. The molecule has 0 amide bonds. The molecule has 0 saturated heterocycles. The predicted molar refractivity (Wildman–Crippen MR) is 293 cm³/mol. The third kappa shape index (κ3) is 7.84. The minimum atomic E-state index is 0.0438. The van der Waals surface area contributed by atoms with Gasteiger partial charge < -0.3 is 10.2 Å². The van der Waals surface area contributed by atoms with Crippen LogP contribution < -0.4 is 21.1 Å². The van der Waals surface area contributed by atoms with Gasteiger partial charge in [0.2, 0.25) is 0 Å². The van der Waals surface area contributed by atoms with Crippen LogP contribution >= 0.6 is 0 Å². The molecule has 0 atom stereocenters. The number of benzene rings is 9. The van der Waals surface area contributed by atoms with Crippen LogP contribution in [0, 0.1) is 20.8 Å². The molecule has 0 aromatic heterocycles. The van der Waals surface area contributed by atoms with Gasteiger partial charge in [-0.3, -0.25) is 0 Å². The van der Waals surface area contributed by atoms with E-state index in [0.717, 1.165) is 28.9 Å². The quantitative estimate of drug-likeness (QED) is 0.153. The van der Waals surface area contributed by atoms with E-state index in [1.54, 1.807) is 0 Å². The van der Waals surface area contributed by atoms with E-state index in [-0.39, 0.29) is 10.8 Å². The molecule has 11 rings (SSSR count). The maximum Gasteiger partial charge on any atom is 0.197 e. The summed E-state index contributed by atoms with van der Waals surface area (Å²) in [5, 5.41) is 4.01. The standard InChI is InChI=1S/C65H58BN2/c1-42-19-17-20-43(2)62(42)51-37-54(53-31-29-50(47-25-15-10-16-26-47)39-58(53)67-52-28-18-27-48(36-52)45-21-11-8-12-22-45)63-61(40-51)68(59-32-30-49(38-57(59)66-63)46-23-13-9-14-24-46)60-41-56-55(35-44(60)3)64(4,5)33-34-65(56,6)7/h8-32,35-41,67H,33-34H2,1-7H3. The molecule has 2 aliphatic rings. The van der Waals surface area contributed by atoms with Gasteiger partial charge in [0.25, 0.3) is 0 Å². The normalized spacial score (nSPS) is 14.3. The maximum atomic E-state index is 4.01. The first kappa shape index (κ1) is 43.2. The smallest absolute Gasteiger partial charge is 0.197 e. The zero-order chi connectivity index (χ0) is 46.7. The van der Waals surface area contributed by atoms with Crippen LogP contribution in [0.4, 0.5) is 28.4 Å². The fourth-order valence-electron chi connectivity index (χ4n) is 11.0. The van der Waals surface area contributed by atoms with Crippen LogP contribution in [0.15, 0.2) is 194 Å². The molecule has 1 heterocycles. The Bertz CT molecular complexity index is 3350. The molecule has 0 spiro atoms. The van der Waals surface area contributed by atoms with Crippen molar-refractivity contribution < 1.29 is 0 Å². The van der Waals surface area contributed by atoms with E-state index in [0.29, 0.717) is 0 Å². The third-order valence-electron chi connectivity index (χ3n) is 14.9. The SMILES string of the molecule is Cc1cc2c(cc1N1c3ccc(-c4ccccc4)cc3[B]c3c(-c4ccc(-c5ccccc5)cc4Nc4cccc(-c5ccccc5)c4)cc(-c4c(C)cccc4C)cc31)C(C)(C)CCC2(C)C. The monoisotopic (exact) mass is 877 g/mol. The molecule has 331 valence electrons. The van der Waals surface area contributed by atoms with E-state index in [2.05, 4.69) is 260 Å². The molecule has 9 aromatic carbocycles. The second-order valence-electron chi connectivity index (χ2n) is 20.5. The first-order valence-corrected chi connectivity index (χ1v) is 24.3. The summed E-state index contributed by atoms with van der Waals surface area (Å²) in [6, 6.07) is 71.8. The van der Waals surface area contributed by atoms with E-state index < -0.39 is 0 Å². The largest absolute Gasteiger partial charge is 0.355 e. The van der Waals surface area contributed by atoms with Gasteiger partial charge >= 0.3 is 0 Å². The molecule has 2 nitrogen and oxygen atoms in total. The van der Waals surface area contributed by atoms with E-state index in [1.165, 1.54) is 107 Å². The molecule has 1 radical (unpaired) electrons. The number of rotatable bonds is 8. The van der Waals surface area contributed by atoms with Crippen LogP contribution in [0.2, 0.25) is 0 Å². The Hall–Kier alpha value is -7.36. The van der Waals surface area contributed by atoms with Crippen molar-refractivity contribution in [1.29, 1.82) is 0 Å². The fraction of sp³-hybridized carbons (Fsp3) is 0.169. The topological polar surface area (TPSA) is 15.3 Å². The van der Waals surface area contributed by atoms with E-state index in [1.807, 2.05) is 0 Å². The highest BCUT2D eigenvalue weighted by atomic mass is 15.2. The van der Waals surface area contributed by atoms with Gasteiger partial charge in [0, 0.05) is 34.0 Å².